The zero-order chi connectivity index (χ0) is 23.8. The van der Waals surface area contributed by atoms with Crippen LogP contribution < -0.4 is 0 Å². The minimum absolute atomic E-state index is 0.0862. The van der Waals surface area contributed by atoms with Gasteiger partial charge in [-0.3, -0.25) is 19.3 Å². The molecule has 2 aliphatic rings. The van der Waals surface area contributed by atoms with Crippen LogP contribution in [0.4, 0.5) is 0 Å². The largest absolute Gasteiger partial charge is 0.339 e. The van der Waals surface area contributed by atoms with Crippen molar-refractivity contribution in [3.8, 4) is 0 Å². The van der Waals surface area contributed by atoms with Gasteiger partial charge < -0.3 is 9.80 Å². The second-order valence-electron chi connectivity index (χ2n) is 9.27. The summed E-state index contributed by atoms with van der Waals surface area (Å²) in [6, 6.07) is 13.1. The van der Waals surface area contributed by atoms with Crippen LogP contribution in [0.2, 0.25) is 0 Å². The molecule has 0 bridgehead atoms. The van der Waals surface area contributed by atoms with Crippen molar-refractivity contribution in [2.75, 3.05) is 40.3 Å². The van der Waals surface area contributed by atoms with Crippen LogP contribution in [0.1, 0.15) is 61.3 Å². The van der Waals surface area contributed by atoms with Crippen LogP contribution in [0.25, 0.3) is 10.2 Å². The molecule has 0 atom stereocenters. The first-order valence-corrected chi connectivity index (χ1v) is 12.5. The minimum Gasteiger partial charge on any atom is -0.339 e. The Labute approximate surface area is 203 Å². The third kappa shape index (κ3) is 4.23. The van der Waals surface area contributed by atoms with E-state index in [1.807, 2.05) is 42.1 Å². The molecule has 3 aromatic rings. The maximum atomic E-state index is 13.2. The van der Waals surface area contributed by atoms with Gasteiger partial charge in [-0.2, -0.15) is 0 Å². The summed E-state index contributed by atoms with van der Waals surface area (Å²) >= 11 is 1.74. The number of carbonyl (C=O) groups excluding carboxylic acids is 3. The summed E-state index contributed by atoms with van der Waals surface area (Å²) in [5.41, 5.74) is 2.23. The molecule has 5 rings (SSSR count). The fraction of sp³-hybridized carbons (Fsp3) is 0.385. The predicted molar refractivity (Wildman–Crippen MR) is 132 cm³/mol. The van der Waals surface area contributed by atoms with E-state index in [2.05, 4.69) is 6.07 Å². The first-order valence-electron chi connectivity index (χ1n) is 11.7. The average molecular weight is 477 g/mol. The minimum atomic E-state index is -0.303. The first-order chi connectivity index (χ1) is 16.4. The van der Waals surface area contributed by atoms with E-state index in [0.29, 0.717) is 48.7 Å². The lowest BCUT2D eigenvalue weighted by atomic mass is 9.96. The normalized spacial score (nSPS) is 16.7. The first kappa shape index (κ1) is 22.7. The molecule has 7 nitrogen and oxygen atoms in total. The van der Waals surface area contributed by atoms with E-state index in [1.54, 1.807) is 29.5 Å². The fourth-order valence-electron chi connectivity index (χ4n) is 4.75. The van der Waals surface area contributed by atoms with Crippen molar-refractivity contribution in [2.45, 2.75) is 25.2 Å². The van der Waals surface area contributed by atoms with E-state index in [0.717, 1.165) is 29.9 Å². The van der Waals surface area contributed by atoms with E-state index in [9.17, 15) is 14.4 Å². The Morgan fingerprint density at radius 1 is 1.06 bits per heavy atom. The molecule has 1 aromatic heterocycles. The molecule has 1 saturated heterocycles. The molecule has 3 amide bonds. The highest BCUT2D eigenvalue weighted by atomic mass is 32.1. The van der Waals surface area contributed by atoms with Crippen molar-refractivity contribution in [3.63, 3.8) is 0 Å². The molecule has 8 heteroatoms. The summed E-state index contributed by atoms with van der Waals surface area (Å²) in [4.78, 5) is 48.7. The Morgan fingerprint density at radius 2 is 1.79 bits per heavy atom. The van der Waals surface area contributed by atoms with Gasteiger partial charge in [-0.05, 0) is 70.2 Å². The molecule has 3 heterocycles. The highest BCUT2D eigenvalue weighted by Crippen LogP contribution is 2.34. The number of para-hydroxylation sites is 1. The highest BCUT2D eigenvalue weighted by molar-refractivity contribution is 7.18. The Hall–Kier alpha value is -3.10. The number of rotatable bonds is 6. The topological polar surface area (TPSA) is 73.8 Å². The van der Waals surface area contributed by atoms with Gasteiger partial charge in [0.25, 0.3) is 17.7 Å². The third-order valence-electron chi connectivity index (χ3n) is 6.65. The summed E-state index contributed by atoms with van der Waals surface area (Å²) in [5.74, 6) is -0.300. The van der Waals surface area contributed by atoms with Gasteiger partial charge in [-0.15, -0.1) is 11.3 Å². The number of nitrogens with zero attached hydrogens (tertiary/aromatic N) is 4. The number of hydrogen-bond acceptors (Lipinski definition) is 6. The fourth-order valence-corrected chi connectivity index (χ4v) is 5.89. The van der Waals surface area contributed by atoms with Gasteiger partial charge in [0.15, 0.2) is 0 Å². The van der Waals surface area contributed by atoms with Gasteiger partial charge in [0, 0.05) is 31.1 Å². The molecule has 0 saturated carbocycles. The number of piperidine rings is 1. The van der Waals surface area contributed by atoms with E-state index in [1.165, 1.54) is 9.60 Å². The smallest absolute Gasteiger partial charge is 0.261 e. The Kier molecular flexibility index (Phi) is 6.18. The number of imide groups is 1. The average Bonchev–Trinajstić information content (AvgIpc) is 3.38. The van der Waals surface area contributed by atoms with Crippen LogP contribution in [0.5, 0.6) is 0 Å². The molecular formula is C26H28N4O3S. The molecule has 0 radical (unpaired) electrons. The van der Waals surface area contributed by atoms with E-state index in [4.69, 9.17) is 4.98 Å². The zero-order valence-corrected chi connectivity index (χ0v) is 20.3. The Morgan fingerprint density at radius 3 is 2.53 bits per heavy atom. The Bertz CT molecular complexity index is 1230. The summed E-state index contributed by atoms with van der Waals surface area (Å²) < 4.78 is 1.20. The van der Waals surface area contributed by atoms with Gasteiger partial charge in [-0.1, -0.05) is 12.1 Å². The predicted octanol–water partition coefficient (Wildman–Crippen LogP) is 3.86. The molecule has 176 valence electrons. The molecule has 0 spiro atoms. The maximum absolute atomic E-state index is 13.2. The van der Waals surface area contributed by atoms with Crippen molar-refractivity contribution in [1.29, 1.82) is 0 Å². The van der Waals surface area contributed by atoms with Crippen LogP contribution in [-0.2, 0) is 0 Å². The molecule has 0 unspecified atom stereocenters. The molecular weight excluding hydrogens is 448 g/mol. The number of likely N-dealkylation sites (tertiary alicyclic amines) is 1. The summed E-state index contributed by atoms with van der Waals surface area (Å²) in [7, 11) is 3.92. The van der Waals surface area contributed by atoms with Crippen LogP contribution in [0.3, 0.4) is 0 Å². The van der Waals surface area contributed by atoms with Crippen LogP contribution in [0.15, 0.2) is 42.5 Å². The SMILES string of the molecule is CN(C)CCCN1C(=O)c2ccc(C(=O)N3CCC(c4nc5ccccc5s4)CC3)cc2C1=O. The number of aromatic nitrogens is 1. The number of amides is 3. The number of thiazole rings is 1. The third-order valence-corrected chi connectivity index (χ3v) is 7.85. The van der Waals surface area contributed by atoms with Crippen molar-refractivity contribution in [1.82, 2.24) is 19.7 Å². The molecule has 34 heavy (non-hydrogen) atoms. The monoisotopic (exact) mass is 476 g/mol. The van der Waals surface area contributed by atoms with Crippen molar-refractivity contribution in [2.24, 2.45) is 0 Å². The van der Waals surface area contributed by atoms with Crippen molar-refractivity contribution < 1.29 is 14.4 Å². The van der Waals surface area contributed by atoms with Crippen LogP contribution in [0, 0.1) is 0 Å². The zero-order valence-electron chi connectivity index (χ0n) is 19.5. The quantitative estimate of drug-likeness (QED) is 0.505. The van der Waals surface area contributed by atoms with Crippen LogP contribution >= 0.6 is 11.3 Å². The Balaban J connectivity index is 1.24. The second kappa shape index (κ2) is 9.27. The lowest BCUT2D eigenvalue weighted by Gasteiger charge is -2.31. The lowest BCUT2D eigenvalue weighted by molar-refractivity contribution is 0.0648. The van der Waals surface area contributed by atoms with E-state index in [-0.39, 0.29) is 17.7 Å². The van der Waals surface area contributed by atoms with E-state index < -0.39 is 0 Å². The second-order valence-corrected chi connectivity index (χ2v) is 10.3. The maximum Gasteiger partial charge on any atom is 0.261 e. The van der Waals surface area contributed by atoms with Crippen LogP contribution in [-0.4, -0.2) is 77.7 Å². The summed E-state index contributed by atoms with van der Waals surface area (Å²) in [5, 5.41) is 1.14. The van der Waals surface area contributed by atoms with E-state index >= 15 is 0 Å². The molecule has 2 aromatic carbocycles. The van der Waals surface area contributed by atoms with Gasteiger partial charge in [0.1, 0.15) is 0 Å². The summed E-state index contributed by atoms with van der Waals surface area (Å²) in [6.45, 7) is 2.48. The lowest BCUT2D eigenvalue weighted by Crippen LogP contribution is -2.38. The molecule has 1 fully saturated rings. The number of benzene rings is 2. The number of fused-ring (bicyclic) bond motifs is 2. The van der Waals surface area contributed by atoms with Crippen molar-refractivity contribution >= 4 is 39.3 Å². The number of carbonyl (C=O) groups is 3. The highest BCUT2D eigenvalue weighted by Gasteiger charge is 2.36. The molecule has 0 N–H and O–H groups in total. The summed E-state index contributed by atoms with van der Waals surface area (Å²) in [6.07, 6.45) is 2.45. The van der Waals surface area contributed by atoms with Gasteiger partial charge in [0.05, 0.1) is 26.4 Å². The van der Waals surface area contributed by atoms with Crippen molar-refractivity contribution in [3.05, 3.63) is 64.2 Å². The molecule has 2 aliphatic heterocycles. The molecule has 0 aliphatic carbocycles. The van der Waals surface area contributed by atoms with Gasteiger partial charge >= 0.3 is 0 Å². The number of hydrogen-bond donors (Lipinski definition) is 0. The standard InChI is InChI=1S/C26H28N4O3S/c1-28(2)12-5-13-30-25(32)19-9-8-18(16-20(19)26(30)33)24(31)29-14-10-17(11-15-29)23-27-21-6-3-4-7-22(21)34-23/h3-4,6-9,16-17H,5,10-15H2,1-2H3. The van der Waals surface area contributed by atoms with Gasteiger partial charge in [0.2, 0.25) is 0 Å². The van der Waals surface area contributed by atoms with Gasteiger partial charge in [-0.25, -0.2) is 4.98 Å².